The minimum atomic E-state index is -0.534. The van der Waals surface area contributed by atoms with Crippen molar-refractivity contribution in [1.82, 2.24) is 9.78 Å². The van der Waals surface area contributed by atoms with Crippen LogP contribution >= 0.6 is 11.3 Å². The first-order valence-corrected chi connectivity index (χ1v) is 5.64. The second-order valence-electron chi connectivity index (χ2n) is 3.48. The second kappa shape index (κ2) is 4.46. The lowest BCUT2D eigenvalue weighted by molar-refractivity contribution is -0.389. The van der Waals surface area contributed by atoms with E-state index >= 15 is 0 Å². The Morgan fingerprint density at radius 3 is 2.94 bits per heavy atom. The Morgan fingerprint density at radius 1 is 1.65 bits per heavy atom. The number of aromatic nitrogens is 2. The molecule has 0 saturated heterocycles. The van der Waals surface area contributed by atoms with Crippen LogP contribution in [0.15, 0.2) is 18.3 Å². The molecule has 2 aromatic heterocycles. The fraction of sp³-hybridized carbons (Fsp3) is 0.200. The van der Waals surface area contributed by atoms with Crippen LogP contribution in [0.2, 0.25) is 0 Å². The van der Waals surface area contributed by atoms with Gasteiger partial charge in [0.15, 0.2) is 6.29 Å². The highest BCUT2D eigenvalue weighted by Crippen LogP contribution is 2.21. The van der Waals surface area contributed by atoms with Crippen LogP contribution in [0.4, 0.5) is 5.82 Å². The summed E-state index contributed by atoms with van der Waals surface area (Å²) < 4.78 is 1.49. The van der Waals surface area contributed by atoms with Crippen molar-refractivity contribution in [2.24, 2.45) is 0 Å². The van der Waals surface area contributed by atoms with Crippen molar-refractivity contribution >= 4 is 23.4 Å². The molecule has 0 bridgehead atoms. The van der Waals surface area contributed by atoms with E-state index in [4.69, 9.17) is 0 Å². The van der Waals surface area contributed by atoms with Crippen LogP contribution in [-0.2, 0) is 6.54 Å². The van der Waals surface area contributed by atoms with E-state index < -0.39 is 4.92 Å². The zero-order chi connectivity index (χ0) is 12.4. The van der Waals surface area contributed by atoms with E-state index in [0.717, 1.165) is 16.7 Å². The SMILES string of the molecule is Cc1sc(C=O)cc1Cn1ccc([N+](=O)[O-])n1. The maximum atomic E-state index is 10.6. The van der Waals surface area contributed by atoms with Crippen LogP contribution in [-0.4, -0.2) is 21.0 Å². The number of thiophene rings is 1. The summed E-state index contributed by atoms with van der Waals surface area (Å²) in [7, 11) is 0. The van der Waals surface area contributed by atoms with Crippen LogP contribution in [0.25, 0.3) is 0 Å². The van der Waals surface area contributed by atoms with Crippen LogP contribution in [0.1, 0.15) is 20.1 Å². The Balaban J connectivity index is 2.21. The van der Waals surface area contributed by atoms with Crippen molar-refractivity contribution in [3.05, 3.63) is 43.8 Å². The molecule has 17 heavy (non-hydrogen) atoms. The molecule has 0 unspecified atom stereocenters. The van der Waals surface area contributed by atoms with Crippen LogP contribution in [0.5, 0.6) is 0 Å². The third-order valence-electron chi connectivity index (χ3n) is 2.30. The standard InChI is InChI=1S/C10H9N3O3S/c1-7-8(4-9(6-14)17-7)5-12-3-2-10(11-12)13(15)16/h2-4,6H,5H2,1H3. The minimum absolute atomic E-state index is 0.173. The molecule has 6 nitrogen and oxygen atoms in total. The molecular formula is C10H9N3O3S. The zero-order valence-corrected chi connectivity index (χ0v) is 9.81. The van der Waals surface area contributed by atoms with E-state index in [1.165, 1.54) is 22.1 Å². The number of rotatable bonds is 4. The second-order valence-corrected chi connectivity index (χ2v) is 4.76. The monoisotopic (exact) mass is 251 g/mol. The average Bonchev–Trinajstić information content (AvgIpc) is 2.87. The quantitative estimate of drug-likeness (QED) is 0.473. The highest BCUT2D eigenvalue weighted by atomic mass is 32.1. The number of aryl methyl sites for hydroxylation is 1. The van der Waals surface area contributed by atoms with E-state index in [9.17, 15) is 14.9 Å². The first kappa shape index (κ1) is 11.5. The molecule has 0 aliphatic carbocycles. The molecule has 0 N–H and O–H groups in total. The van der Waals surface area contributed by atoms with Crippen LogP contribution < -0.4 is 0 Å². The molecule has 2 heterocycles. The predicted octanol–water partition coefficient (Wildman–Crippen LogP) is 2.02. The highest BCUT2D eigenvalue weighted by Gasteiger charge is 2.13. The molecule has 0 fully saturated rings. The average molecular weight is 251 g/mol. The molecule has 2 rings (SSSR count). The van der Waals surface area contributed by atoms with Gasteiger partial charge < -0.3 is 10.1 Å². The third kappa shape index (κ3) is 2.39. The first-order valence-electron chi connectivity index (χ1n) is 4.82. The molecule has 0 atom stereocenters. The van der Waals surface area contributed by atoms with Gasteiger partial charge in [-0.05, 0) is 23.5 Å². The summed E-state index contributed by atoms with van der Waals surface area (Å²) in [6.07, 6.45) is 2.35. The number of nitro groups is 1. The largest absolute Gasteiger partial charge is 0.389 e. The van der Waals surface area contributed by atoms with Gasteiger partial charge in [0.2, 0.25) is 0 Å². The fourth-order valence-corrected chi connectivity index (χ4v) is 2.33. The normalized spacial score (nSPS) is 10.4. The van der Waals surface area contributed by atoms with Gasteiger partial charge in [-0.3, -0.25) is 4.79 Å². The lowest BCUT2D eigenvalue weighted by Gasteiger charge is -1.95. The van der Waals surface area contributed by atoms with E-state index in [1.807, 2.05) is 6.92 Å². The van der Waals surface area contributed by atoms with Crippen molar-refractivity contribution in [2.45, 2.75) is 13.5 Å². The van der Waals surface area contributed by atoms with Gasteiger partial charge in [-0.25, -0.2) is 0 Å². The highest BCUT2D eigenvalue weighted by molar-refractivity contribution is 7.13. The fourth-order valence-electron chi connectivity index (χ4n) is 1.47. The third-order valence-corrected chi connectivity index (χ3v) is 3.32. The summed E-state index contributed by atoms with van der Waals surface area (Å²) in [4.78, 5) is 22.2. The van der Waals surface area contributed by atoms with Gasteiger partial charge in [-0.15, -0.1) is 11.3 Å². The van der Waals surface area contributed by atoms with Gasteiger partial charge in [-0.2, -0.15) is 4.68 Å². The number of aldehydes is 1. The van der Waals surface area contributed by atoms with Gasteiger partial charge in [0.25, 0.3) is 0 Å². The molecule has 0 aliphatic heterocycles. The van der Waals surface area contributed by atoms with Crippen molar-refractivity contribution in [2.75, 3.05) is 0 Å². The molecule has 0 aromatic carbocycles. The van der Waals surface area contributed by atoms with Crippen molar-refractivity contribution in [1.29, 1.82) is 0 Å². The molecule has 88 valence electrons. The molecule has 0 spiro atoms. The molecule has 2 aromatic rings. The molecular weight excluding hydrogens is 242 g/mol. The molecule has 0 saturated carbocycles. The van der Waals surface area contributed by atoms with Crippen LogP contribution in [0, 0.1) is 17.0 Å². The zero-order valence-electron chi connectivity index (χ0n) is 8.99. The summed E-state index contributed by atoms with van der Waals surface area (Å²) >= 11 is 1.40. The maximum Gasteiger partial charge on any atom is 0.389 e. The number of carbonyl (C=O) groups excluding carboxylic acids is 1. The molecule has 7 heteroatoms. The number of carbonyl (C=O) groups is 1. The topological polar surface area (TPSA) is 78.0 Å². The lowest BCUT2D eigenvalue weighted by Crippen LogP contribution is -2.01. The van der Waals surface area contributed by atoms with E-state index in [1.54, 1.807) is 12.3 Å². The number of hydrogen-bond donors (Lipinski definition) is 0. The van der Waals surface area contributed by atoms with Gasteiger partial charge in [0.05, 0.1) is 28.8 Å². The van der Waals surface area contributed by atoms with E-state index in [-0.39, 0.29) is 5.82 Å². The molecule has 0 radical (unpaired) electrons. The summed E-state index contributed by atoms with van der Waals surface area (Å²) in [6.45, 7) is 2.34. The Bertz CT molecular complexity index is 573. The van der Waals surface area contributed by atoms with Gasteiger partial charge >= 0.3 is 5.82 Å². The van der Waals surface area contributed by atoms with Crippen molar-refractivity contribution in [3.63, 3.8) is 0 Å². The van der Waals surface area contributed by atoms with Crippen LogP contribution in [0.3, 0.4) is 0 Å². The Hall–Kier alpha value is -2.02. The number of nitrogens with zero attached hydrogens (tertiary/aromatic N) is 3. The Kier molecular flexibility index (Phi) is 3.01. The van der Waals surface area contributed by atoms with Gasteiger partial charge in [-0.1, -0.05) is 0 Å². The van der Waals surface area contributed by atoms with E-state index in [0.29, 0.717) is 11.4 Å². The van der Waals surface area contributed by atoms with Gasteiger partial charge in [0.1, 0.15) is 0 Å². The lowest BCUT2D eigenvalue weighted by atomic mass is 10.2. The summed E-state index contributed by atoms with van der Waals surface area (Å²) in [5.74, 6) is -0.173. The summed E-state index contributed by atoms with van der Waals surface area (Å²) in [5.41, 5.74) is 0.954. The number of hydrogen-bond acceptors (Lipinski definition) is 5. The van der Waals surface area contributed by atoms with Crippen molar-refractivity contribution < 1.29 is 9.72 Å². The molecule has 0 aliphatic rings. The smallest absolute Gasteiger partial charge is 0.358 e. The Labute approximate surface area is 101 Å². The Morgan fingerprint density at radius 2 is 2.41 bits per heavy atom. The molecule has 0 amide bonds. The van der Waals surface area contributed by atoms with Gasteiger partial charge in [0, 0.05) is 4.88 Å². The minimum Gasteiger partial charge on any atom is -0.358 e. The summed E-state index contributed by atoms with van der Waals surface area (Å²) in [6, 6.07) is 3.13. The first-order chi connectivity index (χ1) is 8.10. The summed E-state index contributed by atoms with van der Waals surface area (Å²) in [5, 5.41) is 14.3. The maximum absolute atomic E-state index is 10.6. The van der Waals surface area contributed by atoms with Crippen molar-refractivity contribution in [3.8, 4) is 0 Å². The predicted molar refractivity (Wildman–Crippen MR) is 62.4 cm³/mol. The van der Waals surface area contributed by atoms with E-state index in [2.05, 4.69) is 5.10 Å².